The lowest BCUT2D eigenvalue weighted by Gasteiger charge is -2.43. The first-order valence-corrected chi connectivity index (χ1v) is 14.2. The molecule has 5 rings (SSSR count). The molecule has 5 heteroatoms. The van der Waals surface area contributed by atoms with Crippen LogP contribution < -0.4 is 0 Å². The molecule has 4 aliphatic rings. The topological polar surface area (TPSA) is 33.6 Å². The van der Waals surface area contributed by atoms with E-state index in [2.05, 4.69) is 45.9 Å². The molecule has 1 N–H and O–H groups in total. The van der Waals surface area contributed by atoms with Crippen LogP contribution in [0.25, 0.3) is 0 Å². The molecule has 1 aliphatic carbocycles. The Kier molecular flexibility index (Phi) is 8.05. The predicted octanol–water partition coefficient (Wildman–Crippen LogP) is 5.53. The lowest BCUT2D eigenvalue weighted by molar-refractivity contribution is 0.0106. The van der Waals surface area contributed by atoms with Crippen molar-refractivity contribution in [1.82, 2.24) is 14.7 Å². The summed E-state index contributed by atoms with van der Waals surface area (Å²) < 4.78 is 15.8. The number of aryl methyl sites for hydroxylation is 2. The van der Waals surface area contributed by atoms with Crippen molar-refractivity contribution in [2.45, 2.75) is 89.4 Å². The molecule has 1 aromatic carbocycles. The number of hydrogen-bond donors (Lipinski definition) is 1. The Morgan fingerprint density at radius 2 is 1.74 bits per heavy atom. The van der Waals surface area contributed by atoms with Gasteiger partial charge in [-0.25, -0.2) is 4.39 Å². The van der Waals surface area contributed by atoms with E-state index in [1.54, 1.807) is 5.56 Å². The molecule has 0 aromatic heterocycles. The summed E-state index contributed by atoms with van der Waals surface area (Å²) in [5.41, 5.74) is 5.76. The van der Waals surface area contributed by atoms with Crippen molar-refractivity contribution in [3.8, 4) is 0 Å². The Morgan fingerprint density at radius 1 is 0.943 bits per heavy atom. The normalized spacial score (nSPS) is 25.5. The standard InChI is InChI=1S/C30H45FN4/c1-24-7-9-27-22-35(15-3-5-26(27)20-24)29-11-16-34(17-12-29)23-30(31)13-18-33(19-14-30)21-25-4-2-6-28(32)10-8-25/h4,7,9,20,29,32H,2-3,5-6,8,10-19,21-23H2,1H3. The molecule has 35 heavy (non-hydrogen) atoms. The number of alkyl halides is 1. The zero-order chi connectivity index (χ0) is 24.3. The van der Waals surface area contributed by atoms with Crippen LogP contribution in [0.5, 0.6) is 0 Å². The second-order valence-corrected chi connectivity index (χ2v) is 11.8. The number of rotatable bonds is 5. The molecule has 4 nitrogen and oxygen atoms in total. The van der Waals surface area contributed by atoms with Gasteiger partial charge in [-0.05, 0) is 102 Å². The fraction of sp³-hybridized carbons (Fsp3) is 0.700. The van der Waals surface area contributed by atoms with Crippen LogP contribution in [0.3, 0.4) is 0 Å². The average Bonchev–Trinajstić information content (AvgIpc) is 3.19. The molecule has 0 amide bonds. The molecular formula is C30H45FN4. The minimum Gasteiger partial charge on any atom is -0.310 e. The highest BCUT2D eigenvalue weighted by Crippen LogP contribution is 2.31. The predicted molar refractivity (Wildman–Crippen MR) is 143 cm³/mol. The second-order valence-electron chi connectivity index (χ2n) is 11.8. The monoisotopic (exact) mass is 480 g/mol. The maximum absolute atomic E-state index is 15.8. The van der Waals surface area contributed by atoms with Crippen LogP contribution in [0.4, 0.5) is 4.39 Å². The third-order valence-electron chi connectivity index (χ3n) is 9.01. The van der Waals surface area contributed by atoms with Gasteiger partial charge >= 0.3 is 0 Å². The fourth-order valence-corrected chi connectivity index (χ4v) is 6.76. The van der Waals surface area contributed by atoms with Crippen LogP contribution in [0.1, 0.15) is 74.5 Å². The molecule has 0 saturated carbocycles. The van der Waals surface area contributed by atoms with Gasteiger partial charge in [0.1, 0.15) is 5.67 Å². The van der Waals surface area contributed by atoms with Gasteiger partial charge in [0.05, 0.1) is 0 Å². The first-order chi connectivity index (χ1) is 17.0. The first-order valence-electron chi connectivity index (χ1n) is 14.2. The van der Waals surface area contributed by atoms with E-state index < -0.39 is 5.67 Å². The highest BCUT2D eigenvalue weighted by Gasteiger charge is 2.37. The lowest BCUT2D eigenvalue weighted by atomic mass is 9.91. The minimum atomic E-state index is -1.03. The van der Waals surface area contributed by atoms with Crippen molar-refractivity contribution >= 4 is 5.71 Å². The molecule has 1 aromatic rings. The third-order valence-corrected chi connectivity index (χ3v) is 9.01. The molecule has 3 aliphatic heterocycles. The number of nitrogens with zero attached hydrogens (tertiary/aromatic N) is 3. The lowest BCUT2D eigenvalue weighted by Crippen LogP contribution is -2.52. The summed E-state index contributed by atoms with van der Waals surface area (Å²) in [4.78, 5) is 7.58. The van der Waals surface area contributed by atoms with Crippen LogP contribution >= 0.6 is 0 Å². The van der Waals surface area contributed by atoms with Crippen LogP contribution in [-0.4, -0.2) is 77.9 Å². The van der Waals surface area contributed by atoms with Gasteiger partial charge in [0, 0.05) is 44.5 Å². The van der Waals surface area contributed by atoms with Gasteiger partial charge < -0.3 is 10.3 Å². The Labute approximate surface area is 212 Å². The molecule has 192 valence electrons. The van der Waals surface area contributed by atoms with E-state index in [9.17, 15) is 0 Å². The van der Waals surface area contributed by atoms with Crippen LogP contribution in [0, 0.1) is 12.3 Å². The first kappa shape index (κ1) is 25.1. The summed E-state index contributed by atoms with van der Waals surface area (Å²) in [6, 6.07) is 7.63. The number of halogens is 1. The summed E-state index contributed by atoms with van der Waals surface area (Å²) in [7, 11) is 0. The summed E-state index contributed by atoms with van der Waals surface area (Å²) in [5, 5.41) is 7.93. The Morgan fingerprint density at radius 3 is 2.54 bits per heavy atom. The number of piperidine rings is 2. The number of hydrogen-bond acceptors (Lipinski definition) is 4. The van der Waals surface area contributed by atoms with Crippen LogP contribution in [-0.2, 0) is 13.0 Å². The van der Waals surface area contributed by atoms with Gasteiger partial charge in [0.15, 0.2) is 0 Å². The minimum absolute atomic E-state index is 0.621. The van der Waals surface area contributed by atoms with Gasteiger partial charge in [-0.15, -0.1) is 0 Å². The number of nitrogens with one attached hydrogen (secondary N) is 1. The van der Waals surface area contributed by atoms with Gasteiger partial charge in [-0.3, -0.25) is 9.80 Å². The largest absolute Gasteiger partial charge is 0.310 e. The molecule has 0 radical (unpaired) electrons. The molecule has 2 saturated heterocycles. The van der Waals surface area contributed by atoms with E-state index in [-0.39, 0.29) is 0 Å². The molecule has 0 unspecified atom stereocenters. The van der Waals surface area contributed by atoms with Crippen molar-refractivity contribution in [3.63, 3.8) is 0 Å². The number of benzene rings is 1. The van der Waals surface area contributed by atoms with E-state index in [1.165, 1.54) is 48.9 Å². The zero-order valence-corrected chi connectivity index (χ0v) is 21.8. The van der Waals surface area contributed by atoms with E-state index in [4.69, 9.17) is 5.41 Å². The van der Waals surface area contributed by atoms with E-state index >= 15 is 4.39 Å². The summed E-state index contributed by atoms with van der Waals surface area (Å²) in [6.07, 6.45) is 12.3. The highest BCUT2D eigenvalue weighted by atomic mass is 19.1. The van der Waals surface area contributed by atoms with Crippen molar-refractivity contribution in [2.24, 2.45) is 0 Å². The summed E-state index contributed by atoms with van der Waals surface area (Å²) in [6.45, 7) is 9.89. The maximum Gasteiger partial charge on any atom is 0.126 e. The van der Waals surface area contributed by atoms with Crippen molar-refractivity contribution in [3.05, 3.63) is 46.5 Å². The molecule has 0 atom stereocenters. The molecule has 0 bridgehead atoms. The Hall–Kier alpha value is -1.56. The molecule has 3 heterocycles. The highest BCUT2D eigenvalue weighted by molar-refractivity contribution is 5.82. The smallest absolute Gasteiger partial charge is 0.126 e. The molecular weight excluding hydrogens is 435 g/mol. The maximum atomic E-state index is 15.8. The van der Waals surface area contributed by atoms with Gasteiger partial charge in [0.2, 0.25) is 0 Å². The number of allylic oxidation sites excluding steroid dienone is 1. The van der Waals surface area contributed by atoms with Crippen molar-refractivity contribution in [1.29, 1.82) is 5.41 Å². The van der Waals surface area contributed by atoms with Gasteiger partial charge in [-0.1, -0.05) is 35.4 Å². The Bertz CT molecular complexity index is 909. The number of likely N-dealkylation sites (tertiary alicyclic amines) is 2. The van der Waals surface area contributed by atoms with E-state index in [1.807, 2.05) is 0 Å². The van der Waals surface area contributed by atoms with Crippen molar-refractivity contribution < 1.29 is 4.39 Å². The third kappa shape index (κ3) is 6.61. The quantitative estimate of drug-likeness (QED) is 0.563. The Balaban J connectivity index is 1.07. The van der Waals surface area contributed by atoms with Gasteiger partial charge in [-0.2, -0.15) is 0 Å². The van der Waals surface area contributed by atoms with E-state index in [0.29, 0.717) is 25.4 Å². The number of fused-ring (bicyclic) bond motifs is 1. The SMILES string of the molecule is Cc1ccc2c(c1)CCCN(C1CCN(CC3(F)CCN(CC4=CCCC(=N)CC4)CC3)CC1)C2. The van der Waals surface area contributed by atoms with Crippen LogP contribution in [0.15, 0.2) is 29.8 Å². The fourth-order valence-electron chi connectivity index (χ4n) is 6.76. The molecule has 2 fully saturated rings. The molecule has 0 spiro atoms. The zero-order valence-electron chi connectivity index (χ0n) is 21.8. The average molecular weight is 481 g/mol. The van der Waals surface area contributed by atoms with E-state index in [0.717, 1.165) is 70.7 Å². The summed E-state index contributed by atoms with van der Waals surface area (Å²) >= 11 is 0. The van der Waals surface area contributed by atoms with Gasteiger partial charge in [0.25, 0.3) is 0 Å². The second kappa shape index (κ2) is 11.2. The van der Waals surface area contributed by atoms with Crippen molar-refractivity contribution in [2.75, 3.05) is 45.8 Å². The van der Waals surface area contributed by atoms with Crippen LogP contribution in [0.2, 0.25) is 0 Å². The summed E-state index contributed by atoms with van der Waals surface area (Å²) in [5.74, 6) is 0.